The number of aryl methyl sites for hydroxylation is 2. The van der Waals surface area contributed by atoms with Gasteiger partial charge in [0, 0.05) is 14.6 Å². The molecular weight excluding hydrogens is 406 g/mol. The number of anilines is 1. The molecule has 0 aliphatic carbocycles. The second-order valence-electron chi connectivity index (χ2n) is 4.48. The summed E-state index contributed by atoms with van der Waals surface area (Å²) in [6, 6.07) is 10.1. The lowest BCUT2D eigenvalue weighted by atomic mass is 10.1. The zero-order valence-electron chi connectivity index (χ0n) is 10.9. The second kappa shape index (κ2) is 5.87. The first-order valence-electron chi connectivity index (χ1n) is 5.85. The molecule has 20 heavy (non-hydrogen) atoms. The van der Waals surface area contributed by atoms with E-state index in [0.29, 0.717) is 5.69 Å². The largest absolute Gasteiger partial charge is 0.280 e. The third-order valence-corrected chi connectivity index (χ3v) is 5.99. The number of nitrogens with one attached hydrogen (secondary N) is 1. The van der Waals surface area contributed by atoms with E-state index < -0.39 is 10.0 Å². The van der Waals surface area contributed by atoms with Crippen molar-refractivity contribution >= 4 is 47.6 Å². The Bertz CT molecular complexity index is 717. The second-order valence-corrected chi connectivity index (χ2v) is 7.87. The number of hydrogen-bond acceptors (Lipinski definition) is 2. The lowest BCUT2D eigenvalue weighted by Gasteiger charge is -2.11. The highest BCUT2D eigenvalue weighted by molar-refractivity contribution is 9.10. The van der Waals surface area contributed by atoms with Crippen molar-refractivity contribution in [2.24, 2.45) is 0 Å². The van der Waals surface area contributed by atoms with Crippen molar-refractivity contribution < 1.29 is 8.42 Å². The van der Waals surface area contributed by atoms with Crippen molar-refractivity contribution in [3.05, 3.63) is 56.5 Å². The van der Waals surface area contributed by atoms with E-state index in [1.54, 1.807) is 36.4 Å². The molecule has 0 fully saturated rings. The summed E-state index contributed by atoms with van der Waals surface area (Å²) < 4.78 is 29.0. The van der Waals surface area contributed by atoms with Crippen LogP contribution in [-0.2, 0) is 10.0 Å². The SMILES string of the molecule is Cc1cc(NS(=O)(=O)c2ccc(Br)cc2)cc(C)c1Br. The molecule has 0 bridgehead atoms. The molecule has 1 N–H and O–H groups in total. The van der Waals surface area contributed by atoms with Crippen molar-refractivity contribution in [1.82, 2.24) is 0 Å². The fourth-order valence-electron chi connectivity index (χ4n) is 1.83. The predicted molar refractivity (Wildman–Crippen MR) is 88.6 cm³/mol. The summed E-state index contributed by atoms with van der Waals surface area (Å²) >= 11 is 6.75. The summed E-state index contributed by atoms with van der Waals surface area (Å²) in [5.74, 6) is 0. The molecule has 2 rings (SSSR count). The standard InChI is InChI=1S/C14H13Br2NO2S/c1-9-7-12(8-10(2)14(9)16)17-20(18,19)13-5-3-11(15)4-6-13/h3-8,17H,1-2H3. The van der Waals surface area contributed by atoms with Crippen LogP contribution in [0.1, 0.15) is 11.1 Å². The summed E-state index contributed by atoms with van der Waals surface area (Å²) in [6.07, 6.45) is 0. The van der Waals surface area contributed by atoms with Gasteiger partial charge in [-0.2, -0.15) is 0 Å². The molecule has 0 amide bonds. The van der Waals surface area contributed by atoms with Gasteiger partial charge in [-0.05, 0) is 61.4 Å². The number of rotatable bonds is 3. The average molecular weight is 419 g/mol. The van der Waals surface area contributed by atoms with Gasteiger partial charge >= 0.3 is 0 Å². The normalized spacial score (nSPS) is 11.4. The molecule has 2 aromatic carbocycles. The molecule has 0 aliphatic rings. The minimum absolute atomic E-state index is 0.235. The minimum atomic E-state index is -3.56. The Morgan fingerprint density at radius 2 is 1.45 bits per heavy atom. The molecule has 0 saturated carbocycles. The molecule has 0 spiro atoms. The number of sulfonamides is 1. The van der Waals surface area contributed by atoms with Gasteiger partial charge < -0.3 is 0 Å². The van der Waals surface area contributed by atoms with E-state index in [1.807, 2.05) is 13.8 Å². The fraction of sp³-hybridized carbons (Fsp3) is 0.143. The van der Waals surface area contributed by atoms with Gasteiger partial charge in [0.1, 0.15) is 0 Å². The Kier molecular flexibility index (Phi) is 4.56. The van der Waals surface area contributed by atoms with Crippen LogP contribution in [0.5, 0.6) is 0 Å². The lowest BCUT2D eigenvalue weighted by Crippen LogP contribution is -2.13. The van der Waals surface area contributed by atoms with Crippen LogP contribution in [0.15, 0.2) is 50.2 Å². The van der Waals surface area contributed by atoms with E-state index in [0.717, 1.165) is 20.1 Å². The Hall–Kier alpha value is -0.850. The van der Waals surface area contributed by atoms with Crippen LogP contribution >= 0.6 is 31.9 Å². The molecule has 0 saturated heterocycles. The maximum Gasteiger partial charge on any atom is 0.261 e. The first kappa shape index (κ1) is 15.5. The van der Waals surface area contributed by atoms with Crippen LogP contribution in [0.4, 0.5) is 5.69 Å². The maximum atomic E-state index is 12.3. The van der Waals surface area contributed by atoms with Gasteiger partial charge in [-0.3, -0.25) is 4.72 Å². The third kappa shape index (κ3) is 3.42. The van der Waals surface area contributed by atoms with Gasteiger partial charge in [0.15, 0.2) is 0 Å². The zero-order chi connectivity index (χ0) is 14.9. The van der Waals surface area contributed by atoms with Crippen LogP contribution in [-0.4, -0.2) is 8.42 Å². The lowest BCUT2D eigenvalue weighted by molar-refractivity contribution is 0.601. The van der Waals surface area contributed by atoms with E-state index in [9.17, 15) is 8.42 Å². The summed E-state index contributed by atoms with van der Waals surface area (Å²) in [5, 5.41) is 0. The molecule has 0 unspecified atom stereocenters. The molecule has 0 heterocycles. The van der Waals surface area contributed by atoms with Crippen molar-refractivity contribution in [1.29, 1.82) is 0 Å². The van der Waals surface area contributed by atoms with E-state index in [4.69, 9.17) is 0 Å². The van der Waals surface area contributed by atoms with Crippen molar-refractivity contribution in [3.8, 4) is 0 Å². The quantitative estimate of drug-likeness (QED) is 0.789. The van der Waals surface area contributed by atoms with Crippen LogP contribution in [0, 0.1) is 13.8 Å². The smallest absolute Gasteiger partial charge is 0.261 e. The first-order chi connectivity index (χ1) is 9.29. The van der Waals surface area contributed by atoms with E-state index in [-0.39, 0.29) is 4.90 Å². The maximum absolute atomic E-state index is 12.3. The van der Waals surface area contributed by atoms with Crippen molar-refractivity contribution in [2.45, 2.75) is 18.7 Å². The fourth-order valence-corrected chi connectivity index (χ4v) is 3.37. The molecule has 0 atom stereocenters. The van der Waals surface area contributed by atoms with Gasteiger partial charge in [-0.1, -0.05) is 31.9 Å². The van der Waals surface area contributed by atoms with Gasteiger partial charge in [-0.15, -0.1) is 0 Å². The van der Waals surface area contributed by atoms with Crippen molar-refractivity contribution in [2.75, 3.05) is 4.72 Å². The van der Waals surface area contributed by atoms with E-state index >= 15 is 0 Å². The zero-order valence-corrected chi connectivity index (χ0v) is 14.9. The molecule has 106 valence electrons. The van der Waals surface area contributed by atoms with Crippen LogP contribution in [0.25, 0.3) is 0 Å². The predicted octanol–water partition coefficient (Wildman–Crippen LogP) is 4.63. The Morgan fingerprint density at radius 3 is 1.95 bits per heavy atom. The highest BCUT2D eigenvalue weighted by Gasteiger charge is 2.14. The Morgan fingerprint density at radius 1 is 0.950 bits per heavy atom. The van der Waals surface area contributed by atoms with E-state index in [1.165, 1.54) is 0 Å². The summed E-state index contributed by atoms with van der Waals surface area (Å²) in [5.41, 5.74) is 2.53. The van der Waals surface area contributed by atoms with Crippen LogP contribution < -0.4 is 4.72 Å². The first-order valence-corrected chi connectivity index (χ1v) is 8.91. The van der Waals surface area contributed by atoms with Crippen LogP contribution in [0.3, 0.4) is 0 Å². The highest BCUT2D eigenvalue weighted by atomic mass is 79.9. The highest BCUT2D eigenvalue weighted by Crippen LogP contribution is 2.26. The van der Waals surface area contributed by atoms with Gasteiger partial charge in [0.25, 0.3) is 10.0 Å². The molecule has 6 heteroatoms. The number of benzene rings is 2. The van der Waals surface area contributed by atoms with Gasteiger partial charge in [-0.25, -0.2) is 8.42 Å². The average Bonchev–Trinajstić information content (AvgIpc) is 2.36. The molecular formula is C14H13Br2NO2S. The molecule has 2 aromatic rings. The summed E-state index contributed by atoms with van der Waals surface area (Å²) in [4.78, 5) is 0.235. The number of hydrogen-bond donors (Lipinski definition) is 1. The minimum Gasteiger partial charge on any atom is -0.280 e. The molecule has 0 radical (unpaired) electrons. The third-order valence-electron chi connectivity index (χ3n) is 2.81. The monoisotopic (exact) mass is 417 g/mol. The topological polar surface area (TPSA) is 46.2 Å². The van der Waals surface area contributed by atoms with Gasteiger partial charge in [0.05, 0.1) is 4.90 Å². The van der Waals surface area contributed by atoms with Crippen molar-refractivity contribution in [3.63, 3.8) is 0 Å². The molecule has 3 nitrogen and oxygen atoms in total. The number of halogens is 2. The molecule has 0 aliphatic heterocycles. The van der Waals surface area contributed by atoms with Crippen LogP contribution in [0.2, 0.25) is 0 Å². The summed E-state index contributed by atoms with van der Waals surface area (Å²) in [6.45, 7) is 3.85. The van der Waals surface area contributed by atoms with E-state index in [2.05, 4.69) is 36.6 Å². The summed E-state index contributed by atoms with van der Waals surface area (Å²) in [7, 11) is -3.56. The Labute approximate surface area is 135 Å². The molecule has 0 aromatic heterocycles. The van der Waals surface area contributed by atoms with Gasteiger partial charge in [0.2, 0.25) is 0 Å². The Balaban J connectivity index is 2.36.